The van der Waals surface area contributed by atoms with Gasteiger partial charge in [-0.05, 0) is 39.5 Å². The zero-order valence-corrected chi connectivity index (χ0v) is 11.2. The lowest BCUT2D eigenvalue weighted by molar-refractivity contribution is 0.354. The molecule has 90 valence electrons. The normalized spacial score (nSPS) is 20.1. The van der Waals surface area contributed by atoms with E-state index < -0.39 is 0 Å². The minimum absolute atomic E-state index is 0.335. The first kappa shape index (κ1) is 11.9. The quantitative estimate of drug-likeness (QED) is 0.861. The molecule has 0 spiro atoms. The first-order valence-electron chi connectivity index (χ1n) is 6.02. The van der Waals surface area contributed by atoms with Gasteiger partial charge in [-0.1, -0.05) is 0 Å². The molecule has 1 saturated heterocycles. The molecule has 0 saturated carbocycles. The SMILES string of the molecule is Cc1nc(N2CCC(C(C)N)CC2)sc1C. The molecule has 3 nitrogen and oxygen atoms in total. The molecule has 2 rings (SSSR count). The molecule has 0 bridgehead atoms. The molecule has 0 aliphatic carbocycles. The van der Waals surface area contributed by atoms with Crippen molar-refractivity contribution in [3.05, 3.63) is 10.6 Å². The molecule has 1 aliphatic heterocycles. The van der Waals surface area contributed by atoms with Crippen LogP contribution in [0.4, 0.5) is 5.13 Å². The van der Waals surface area contributed by atoms with E-state index in [9.17, 15) is 0 Å². The van der Waals surface area contributed by atoms with Crippen LogP contribution in [0.3, 0.4) is 0 Å². The molecule has 2 N–H and O–H groups in total. The van der Waals surface area contributed by atoms with Crippen LogP contribution in [0, 0.1) is 19.8 Å². The van der Waals surface area contributed by atoms with Crippen LogP contribution in [0.5, 0.6) is 0 Å². The van der Waals surface area contributed by atoms with E-state index in [0.29, 0.717) is 12.0 Å². The number of rotatable bonds is 2. The maximum atomic E-state index is 5.95. The van der Waals surface area contributed by atoms with Gasteiger partial charge in [0.05, 0.1) is 5.69 Å². The number of thiazole rings is 1. The molecule has 16 heavy (non-hydrogen) atoms. The van der Waals surface area contributed by atoms with E-state index in [1.165, 1.54) is 28.5 Å². The molecule has 1 atom stereocenters. The van der Waals surface area contributed by atoms with Crippen LogP contribution in [0.1, 0.15) is 30.3 Å². The fourth-order valence-electron chi connectivity index (χ4n) is 2.21. The molecule has 1 fully saturated rings. The highest BCUT2D eigenvalue weighted by Crippen LogP contribution is 2.29. The lowest BCUT2D eigenvalue weighted by atomic mass is 9.91. The summed E-state index contributed by atoms with van der Waals surface area (Å²) in [5, 5.41) is 1.19. The Balaban J connectivity index is 1.99. The van der Waals surface area contributed by atoms with Crippen LogP contribution in [0.25, 0.3) is 0 Å². The highest BCUT2D eigenvalue weighted by molar-refractivity contribution is 7.15. The van der Waals surface area contributed by atoms with Crippen molar-refractivity contribution >= 4 is 16.5 Å². The standard InChI is InChI=1S/C12H21N3S/c1-8(13)11-4-6-15(7-5-11)12-14-9(2)10(3)16-12/h8,11H,4-7,13H2,1-3H3. The van der Waals surface area contributed by atoms with Gasteiger partial charge in [0.25, 0.3) is 0 Å². The second-order valence-electron chi connectivity index (χ2n) is 4.82. The van der Waals surface area contributed by atoms with Gasteiger partial charge in [-0.2, -0.15) is 0 Å². The van der Waals surface area contributed by atoms with Crippen molar-refractivity contribution in [3.63, 3.8) is 0 Å². The predicted octanol–water partition coefficient (Wildman–Crippen LogP) is 2.32. The van der Waals surface area contributed by atoms with Crippen LogP contribution in [0.15, 0.2) is 0 Å². The van der Waals surface area contributed by atoms with E-state index in [1.807, 2.05) is 11.3 Å². The first-order valence-corrected chi connectivity index (χ1v) is 6.84. The molecule has 1 aromatic rings. The van der Waals surface area contributed by atoms with E-state index in [-0.39, 0.29) is 0 Å². The molecule has 2 heterocycles. The molecule has 1 unspecified atom stereocenters. The molecule has 1 aromatic heterocycles. The number of aryl methyl sites for hydroxylation is 2. The summed E-state index contributed by atoms with van der Waals surface area (Å²) < 4.78 is 0. The monoisotopic (exact) mass is 239 g/mol. The summed E-state index contributed by atoms with van der Waals surface area (Å²) in [7, 11) is 0. The number of anilines is 1. The van der Waals surface area contributed by atoms with E-state index in [4.69, 9.17) is 5.73 Å². The molecular formula is C12H21N3S. The topological polar surface area (TPSA) is 42.2 Å². The average molecular weight is 239 g/mol. The van der Waals surface area contributed by atoms with E-state index in [1.54, 1.807) is 0 Å². The average Bonchev–Trinajstić information content (AvgIpc) is 2.59. The van der Waals surface area contributed by atoms with Crippen molar-refractivity contribution in [2.45, 2.75) is 39.7 Å². The molecule has 0 radical (unpaired) electrons. The summed E-state index contributed by atoms with van der Waals surface area (Å²) in [5.41, 5.74) is 7.12. The minimum atomic E-state index is 0.335. The molecular weight excluding hydrogens is 218 g/mol. The van der Waals surface area contributed by atoms with Gasteiger partial charge in [0.1, 0.15) is 0 Å². The number of piperidine rings is 1. The summed E-state index contributed by atoms with van der Waals surface area (Å²) in [5.74, 6) is 0.693. The Bertz CT molecular complexity index is 332. The van der Waals surface area contributed by atoms with Crippen molar-refractivity contribution in [1.29, 1.82) is 0 Å². The van der Waals surface area contributed by atoms with Crippen LogP contribution < -0.4 is 10.6 Å². The maximum absolute atomic E-state index is 5.95. The van der Waals surface area contributed by atoms with Gasteiger partial charge >= 0.3 is 0 Å². The Kier molecular flexibility index (Phi) is 3.50. The third kappa shape index (κ3) is 2.38. The van der Waals surface area contributed by atoms with Gasteiger partial charge < -0.3 is 10.6 Å². The smallest absolute Gasteiger partial charge is 0.185 e. The van der Waals surface area contributed by atoms with Gasteiger partial charge in [0.15, 0.2) is 5.13 Å². The fraction of sp³-hybridized carbons (Fsp3) is 0.750. The van der Waals surface area contributed by atoms with Gasteiger partial charge in [0.2, 0.25) is 0 Å². The summed E-state index contributed by atoms with van der Waals surface area (Å²) in [6.07, 6.45) is 2.41. The Hall–Kier alpha value is -0.610. The fourth-order valence-corrected chi connectivity index (χ4v) is 3.17. The molecule has 0 amide bonds. The largest absolute Gasteiger partial charge is 0.348 e. The second-order valence-corrected chi connectivity index (χ2v) is 6.00. The number of nitrogens with two attached hydrogens (primary N) is 1. The van der Waals surface area contributed by atoms with Crippen molar-refractivity contribution in [2.24, 2.45) is 11.7 Å². The maximum Gasteiger partial charge on any atom is 0.185 e. The lowest BCUT2D eigenvalue weighted by Gasteiger charge is -2.33. The minimum Gasteiger partial charge on any atom is -0.348 e. The summed E-state index contributed by atoms with van der Waals surface area (Å²) in [6.45, 7) is 8.57. The van der Waals surface area contributed by atoms with Crippen molar-refractivity contribution < 1.29 is 0 Å². The number of aromatic nitrogens is 1. The predicted molar refractivity (Wildman–Crippen MR) is 70.2 cm³/mol. The van der Waals surface area contributed by atoms with E-state index in [2.05, 4.69) is 30.7 Å². The van der Waals surface area contributed by atoms with Gasteiger partial charge in [0, 0.05) is 24.0 Å². The third-order valence-corrected chi connectivity index (χ3v) is 4.70. The Labute approximate surface area is 102 Å². The molecule has 0 aromatic carbocycles. The van der Waals surface area contributed by atoms with Crippen molar-refractivity contribution in [2.75, 3.05) is 18.0 Å². The van der Waals surface area contributed by atoms with Gasteiger partial charge in [-0.3, -0.25) is 0 Å². The summed E-state index contributed by atoms with van der Waals surface area (Å²) >= 11 is 1.81. The van der Waals surface area contributed by atoms with Gasteiger partial charge in [-0.25, -0.2) is 4.98 Å². The highest BCUT2D eigenvalue weighted by Gasteiger charge is 2.23. The van der Waals surface area contributed by atoms with Gasteiger partial charge in [-0.15, -0.1) is 11.3 Å². The zero-order chi connectivity index (χ0) is 11.7. The van der Waals surface area contributed by atoms with Crippen LogP contribution >= 0.6 is 11.3 Å². The van der Waals surface area contributed by atoms with Crippen LogP contribution in [0.2, 0.25) is 0 Å². The number of hydrogen-bond acceptors (Lipinski definition) is 4. The zero-order valence-electron chi connectivity index (χ0n) is 10.4. The summed E-state index contributed by atoms with van der Waals surface area (Å²) in [6, 6.07) is 0.335. The Morgan fingerprint density at radius 1 is 1.38 bits per heavy atom. The second kappa shape index (κ2) is 4.72. The Morgan fingerprint density at radius 3 is 2.44 bits per heavy atom. The number of hydrogen-bond donors (Lipinski definition) is 1. The van der Waals surface area contributed by atoms with Crippen LogP contribution in [-0.2, 0) is 0 Å². The lowest BCUT2D eigenvalue weighted by Crippen LogP contribution is -2.39. The summed E-state index contributed by atoms with van der Waals surface area (Å²) in [4.78, 5) is 8.36. The van der Waals surface area contributed by atoms with Crippen molar-refractivity contribution in [1.82, 2.24) is 4.98 Å². The number of nitrogens with zero attached hydrogens (tertiary/aromatic N) is 2. The molecule has 1 aliphatic rings. The third-order valence-electron chi connectivity index (χ3n) is 3.57. The molecule has 4 heteroatoms. The van der Waals surface area contributed by atoms with E-state index in [0.717, 1.165) is 13.1 Å². The van der Waals surface area contributed by atoms with E-state index >= 15 is 0 Å². The first-order chi connectivity index (χ1) is 7.58. The highest BCUT2D eigenvalue weighted by atomic mass is 32.1. The van der Waals surface area contributed by atoms with Crippen LogP contribution in [-0.4, -0.2) is 24.1 Å². The van der Waals surface area contributed by atoms with Crippen molar-refractivity contribution in [3.8, 4) is 0 Å². The Morgan fingerprint density at radius 2 is 2.00 bits per heavy atom.